The predicted molar refractivity (Wildman–Crippen MR) is 145 cm³/mol. The molecule has 3 heterocycles. The second kappa shape index (κ2) is 12.0. The number of aromatic nitrogens is 4. The number of rotatable bonds is 6. The zero-order valence-electron chi connectivity index (χ0n) is 19.6. The highest BCUT2D eigenvalue weighted by atomic mass is 35.5. The number of nitrogens with zero attached hydrogens (tertiary/aromatic N) is 5. The number of fused-ring (bicyclic) bond motifs is 1. The SMILES string of the molecule is Cl.Cl.NCCC(=O)N1CCC[C@@H](n2nc(-c3ccc(Oc4ccccc4)cc3)c3c(N)ncnc32)C1. The summed E-state index contributed by atoms with van der Waals surface area (Å²) in [6, 6.07) is 17.3. The van der Waals surface area contributed by atoms with Crippen molar-refractivity contribution in [3.8, 4) is 22.8 Å². The Balaban J connectivity index is 0.00000180. The Morgan fingerprint density at radius 1 is 1.03 bits per heavy atom. The monoisotopic (exact) mass is 529 g/mol. The lowest BCUT2D eigenvalue weighted by atomic mass is 10.1. The molecule has 0 unspecified atom stereocenters. The maximum Gasteiger partial charge on any atom is 0.223 e. The van der Waals surface area contributed by atoms with Gasteiger partial charge in [-0.3, -0.25) is 4.79 Å². The topological polar surface area (TPSA) is 125 Å². The van der Waals surface area contributed by atoms with E-state index in [9.17, 15) is 4.79 Å². The number of anilines is 1. The minimum absolute atomic E-state index is 0. The molecule has 1 fully saturated rings. The molecule has 4 aromatic rings. The van der Waals surface area contributed by atoms with E-state index in [2.05, 4.69) is 9.97 Å². The molecule has 36 heavy (non-hydrogen) atoms. The molecule has 1 aliphatic rings. The van der Waals surface area contributed by atoms with Crippen LogP contribution in [-0.4, -0.2) is 50.2 Å². The van der Waals surface area contributed by atoms with E-state index in [1.54, 1.807) is 0 Å². The number of hydrogen-bond donors (Lipinski definition) is 2. The summed E-state index contributed by atoms with van der Waals surface area (Å²) in [7, 11) is 0. The number of likely N-dealkylation sites (tertiary alicyclic amines) is 1. The molecule has 1 amide bonds. The highest BCUT2D eigenvalue weighted by Crippen LogP contribution is 2.34. The molecule has 0 spiro atoms. The van der Waals surface area contributed by atoms with E-state index in [1.165, 1.54) is 6.33 Å². The Bertz CT molecular complexity index is 1300. The number of para-hydroxylation sites is 1. The van der Waals surface area contributed by atoms with Gasteiger partial charge in [-0.15, -0.1) is 24.8 Å². The number of nitrogen functional groups attached to an aromatic ring is 1. The van der Waals surface area contributed by atoms with E-state index < -0.39 is 0 Å². The molecule has 190 valence electrons. The van der Waals surface area contributed by atoms with Crippen molar-refractivity contribution >= 4 is 47.6 Å². The number of halogens is 2. The molecule has 0 radical (unpaired) electrons. The average Bonchev–Trinajstić information content (AvgIpc) is 3.26. The molecule has 1 aliphatic heterocycles. The maximum absolute atomic E-state index is 12.4. The van der Waals surface area contributed by atoms with Gasteiger partial charge in [-0.05, 0) is 49.2 Å². The summed E-state index contributed by atoms with van der Waals surface area (Å²) >= 11 is 0. The van der Waals surface area contributed by atoms with Crippen LogP contribution in [0.25, 0.3) is 22.3 Å². The number of hydrogen-bond acceptors (Lipinski definition) is 7. The van der Waals surface area contributed by atoms with E-state index >= 15 is 0 Å². The fraction of sp³-hybridized carbons (Fsp3) is 0.280. The Morgan fingerprint density at radius 3 is 2.47 bits per heavy atom. The molecular formula is C25H29Cl2N7O2. The van der Waals surface area contributed by atoms with Gasteiger partial charge in [-0.25, -0.2) is 14.6 Å². The third-order valence-electron chi connectivity index (χ3n) is 6.08. The first-order valence-corrected chi connectivity index (χ1v) is 11.4. The number of ether oxygens (including phenoxy) is 1. The first-order chi connectivity index (χ1) is 16.6. The largest absolute Gasteiger partial charge is 0.457 e. The Morgan fingerprint density at radius 2 is 1.75 bits per heavy atom. The lowest BCUT2D eigenvalue weighted by Crippen LogP contribution is -2.41. The summed E-state index contributed by atoms with van der Waals surface area (Å²) in [6.45, 7) is 1.66. The van der Waals surface area contributed by atoms with Gasteiger partial charge >= 0.3 is 0 Å². The van der Waals surface area contributed by atoms with Crippen LogP contribution in [0.2, 0.25) is 0 Å². The van der Waals surface area contributed by atoms with Gasteiger partial charge < -0.3 is 21.1 Å². The molecule has 0 saturated carbocycles. The summed E-state index contributed by atoms with van der Waals surface area (Å²) in [5, 5.41) is 5.64. The highest BCUT2D eigenvalue weighted by Gasteiger charge is 2.28. The van der Waals surface area contributed by atoms with Gasteiger partial charge in [0.2, 0.25) is 5.91 Å². The summed E-state index contributed by atoms with van der Waals surface area (Å²) in [5.41, 5.74) is 14.1. The summed E-state index contributed by atoms with van der Waals surface area (Å²) in [4.78, 5) is 23.0. The van der Waals surface area contributed by atoms with Crippen molar-refractivity contribution in [1.82, 2.24) is 24.6 Å². The van der Waals surface area contributed by atoms with Crippen LogP contribution in [0.15, 0.2) is 60.9 Å². The molecule has 0 bridgehead atoms. The Kier molecular flexibility index (Phi) is 9.08. The van der Waals surface area contributed by atoms with Gasteiger partial charge in [-0.1, -0.05) is 18.2 Å². The number of carbonyl (C=O) groups excluding carboxylic acids is 1. The van der Waals surface area contributed by atoms with Crippen molar-refractivity contribution in [3.63, 3.8) is 0 Å². The van der Waals surface area contributed by atoms with Crippen LogP contribution in [0.1, 0.15) is 25.3 Å². The average molecular weight is 530 g/mol. The second-order valence-corrected chi connectivity index (χ2v) is 8.36. The fourth-order valence-corrected chi connectivity index (χ4v) is 4.42. The van der Waals surface area contributed by atoms with E-state index in [-0.39, 0.29) is 36.8 Å². The lowest BCUT2D eigenvalue weighted by Gasteiger charge is -2.33. The third-order valence-corrected chi connectivity index (χ3v) is 6.08. The van der Waals surface area contributed by atoms with Gasteiger partial charge in [0.05, 0.1) is 11.4 Å². The zero-order chi connectivity index (χ0) is 23.5. The predicted octanol–water partition coefficient (Wildman–Crippen LogP) is 4.22. The van der Waals surface area contributed by atoms with E-state index in [0.717, 1.165) is 36.4 Å². The van der Waals surface area contributed by atoms with Crippen LogP contribution in [0.3, 0.4) is 0 Å². The molecular weight excluding hydrogens is 501 g/mol. The number of nitrogens with two attached hydrogens (primary N) is 2. The number of amides is 1. The van der Waals surface area contributed by atoms with Gasteiger partial charge in [0.1, 0.15) is 29.3 Å². The maximum atomic E-state index is 12.4. The molecule has 0 aliphatic carbocycles. The zero-order valence-corrected chi connectivity index (χ0v) is 21.3. The first-order valence-electron chi connectivity index (χ1n) is 11.4. The molecule has 5 rings (SSSR count). The molecule has 1 saturated heterocycles. The van der Waals surface area contributed by atoms with Crippen molar-refractivity contribution in [1.29, 1.82) is 0 Å². The standard InChI is InChI=1S/C25H27N7O2.2ClH/c26-13-12-21(33)31-14-4-5-18(15-31)32-25-22(24(27)28-16-29-25)23(30-32)17-8-10-20(11-9-17)34-19-6-2-1-3-7-19;;/h1-3,6-11,16,18H,4-5,12-15,26H2,(H2,27,28,29);2*1H/t18-;;/m1../s1. The van der Waals surface area contributed by atoms with E-state index in [1.807, 2.05) is 64.2 Å². The minimum Gasteiger partial charge on any atom is -0.457 e. The second-order valence-electron chi connectivity index (χ2n) is 8.36. The van der Waals surface area contributed by atoms with Crippen LogP contribution in [0.4, 0.5) is 5.82 Å². The summed E-state index contributed by atoms with van der Waals surface area (Å²) < 4.78 is 7.82. The van der Waals surface area contributed by atoms with Gasteiger partial charge in [0.25, 0.3) is 0 Å². The van der Waals surface area contributed by atoms with Crippen molar-refractivity contribution < 1.29 is 9.53 Å². The normalized spacial score (nSPS) is 15.1. The third kappa shape index (κ3) is 5.53. The van der Waals surface area contributed by atoms with Gasteiger partial charge in [0.15, 0.2) is 5.65 Å². The highest BCUT2D eigenvalue weighted by molar-refractivity contribution is 5.98. The summed E-state index contributed by atoms with van der Waals surface area (Å²) in [6.07, 6.45) is 3.60. The summed E-state index contributed by atoms with van der Waals surface area (Å²) in [5.74, 6) is 1.95. The van der Waals surface area contributed by atoms with Crippen molar-refractivity contribution in [3.05, 3.63) is 60.9 Å². The molecule has 9 nitrogen and oxygen atoms in total. The van der Waals surface area contributed by atoms with E-state index in [4.69, 9.17) is 21.3 Å². The minimum atomic E-state index is 0. The van der Waals surface area contributed by atoms with Gasteiger partial charge in [0, 0.05) is 31.6 Å². The van der Waals surface area contributed by atoms with Crippen LogP contribution in [0, 0.1) is 0 Å². The Hall–Kier alpha value is -3.40. The molecule has 2 aromatic heterocycles. The van der Waals surface area contributed by atoms with Crippen molar-refractivity contribution in [2.45, 2.75) is 25.3 Å². The number of carbonyl (C=O) groups is 1. The molecule has 1 atom stereocenters. The van der Waals surface area contributed by atoms with Crippen LogP contribution in [-0.2, 0) is 4.79 Å². The van der Waals surface area contributed by atoms with Gasteiger partial charge in [-0.2, -0.15) is 5.10 Å². The van der Waals surface area contributed by atoms with Crippen LogP contribution in [0.5, 0.6) is 11.5 Å². The first kappa shape index (κ1) is 27.2. The molecule has 4 N–H and O–H groups in total. The fourth-order valence-electron chi connectivity index (χ4n) is 4.42. The number of benzene rings is 2. The quantitative estimate of drug-likeness (QED) is 0.382. The van der Waals surface area contributed by atoms with Crippen LogP contribution >= 0.6 is 24.8 Å². The van der Waals surface area contributed by atoms with Crippen molar-refractivity contribution in [2.75, 3.05) is 25.4 Å². The Labute approximate surface area is 221 Å². The smallest absolute Gasteiger partial charge is 0.223 e. The van der Waals surface area contributed by atoms with Crippen LogP contribution < -0.4 is 16.2 Å². The molecule has 11 heteroatoms. The number of piperidine rings is 1. The van der Waals surface area contributed by atoms with Crippen molar-refractivity contribution in [2.24, 2.45) is 5.73 Å². The molecule has 2 aromatic carbocycles. The lowest BCUT2D eigenvalue weighted by molar-refractivity contribution is -0.132. The van der Waals surface area contributed by atoms with E-state index in [0.29, 0.717) is 42.1 Å².